The Kier molecular flexibility index (Phi) is 8.43. The third-order valence-electron chi connectivity index (χ3n) is 14.0. The van der Waals surface area contributed by atoms with Crippen molar-refractivity contribution >= 4 is 97.1 Å². The van der Waals surface area contributed by atoms with E-state index in [1.807, 2.05) is 24.3 Å². The van der Waals surface area contributed by atoms with Crippen LogP contribution in [-0.2, 0) is 0 Å². The SMILES string of the molecule is c1ccc(-c2cccc(-c3cc(-n4c5ccccc5c5ccc6c7ccccc7n(-c7nc(-c8ccccc8)nc(-c8cccc9sc%10ccccc%10c89)n7)c6c54)c4oc5ccccc5c4c3)c2)cc1. The van der Waals surface area contributed by atoms with Crippen LogP contribution < -0.4 is 0 Å². The molecule has 0 fully saturated rings. The summed E-state index contributed by atoms with van der Waals surface area (Å²) in [6.07, 6.45) is 0. The highest BCUT2D eigenvalue weighted by atomic mass is 32.1. The van der Waals surface area contributed by atoms with Crippen molar-refractivity contribution in [1.29, 1.82) is 0 Å². The highest BCUT2D eigenvalue weighted by Gasteiger charge is 2.26. The number of rotatable bonds is 6. The Morgan fingerprint density at radius 2 is 0.929 bits per heavy atom. The summed E-state index contributed by atoms with van der Waals surface area (Å²) in [5.41, 5.74) is 13.1. The summed E-state index contributed by atoms with van der Waals surface area (Å²) in [4.78, 5) is 16.3. The fourth-order valence-corrected chi connectivity index (χ4v) is 12.0. The van der Waals surface area contributed by atoms with Gasteiger partial charge in [0.25, 0.3) is 0 Å². The molecule has 15 rings (SSSR count). The van der Waals surface area contributed by atoms with Crippen molar-refractivity contribution in [3.8, 4) is 56.7 Å². The van der Waals surface area contributed by atoms with Gasteiger partial charge < -0.3 is 8.98 Å². The van der Waals surface area contributed by atoms with Gasteiger partial charge in [0.2, 0.25) is 5.95 Å². The van der Waals surface area contributed by atoms with Gasteiger partial charge >= 0.3 is 0 Å². The van der Waals surface area contributed by atoms with Crippen molar-refractivity contribution in [2.75, 3.05) is 0 Å². The first-order chi connectivity index (χ1) is 34.7. The molecule has 0 N–H and O–H groups in total. The molecule has 0 aliphatic carbocycles. The Hall–Kier alpha value is -9.17. The second-order valence-electron chi connectivity index (χ2n) is 17.9. The largest absolute Gasteiger partial charge is 0.454 e. The topological polar surface area (TPSA) is 61.7 Å². The van der Waals surface area contributed by atoms with Crippen LogP contribution in [0.2, 0.25) is 0 Å². The van der Waals surface area contributed by atoms with Crippen LogP contribution in [0.5, 0.6) is 0 Å². The molecule has 7 heteroatoms. The monoisotopic (exact) mass is 911 g/mol. The summed E-state index contributed by atoms with van der Waals surface area (Å²) in [5.74, 6) is 1.76. The molecule has 0 bridgehead atoms. The van der Waals surface area contributed by atoms with Gasteiger partial charge in [-0.2, -0.15) is 9.97 Å². The van der Waals surface area contributed by atoms with Crippen LogP contribution in [0.15, 0.2) is 229 Å². The van der Waals surface area contributed by atoms with Crippen LogP contribution in [0.1, 0.15) is 0 Å². The van der Waals surface area contributed by atoms with Gasteiger partial charge in [0.05, 0.1) is 27.8 Å². The lowest BCUT2D eigenvalue weighted by molar-refractivity contribution is 0.666. The lowest BCUT2D eigenvalue weighted by Gasteiger charge is -2.15. The second-order valence-corrected chi connectivity index (χ2v) is 19.0. The van der Waals surface area contributed by atoms with Crippen LogP contribution >= 0.6 is 11.3 Å². The van der Waals surface area contributed by atoms with Crippen molar-refractivity contribution < 1.29 is 4.42 Å². The first kappa shape index (κ1) is 38.9. The molecule has 5 aromatic heterocycles. The Labute approximate surface area is 404 Å². The van der Waals surface area contributed by atoms with Gasteiger partial charge in [0.1, 0.15) is 5.58 Å². The first-order valence-corrected chi connectivity index (χ1v) is 24.3. The van der Waals surface area contributed by atoms with Gasteiger partial charge in [-0.15, -0.1) is 11.3 Å². The molecule has 0 radical (unpaired) electrons. The molecular weight excluding hydrogens is 875 g/mol. The molecule has 0 saturated heterocycles. The van der Waals surface area contributed by atoms with Crippen LogP contribution in [0.4, 0.5) is 0 Å². The quantitative estimate of drug-likeness (QED) is 0.167. The predicted molar refractivity (Wildman–Crippen MR) is 290 cm³/mol. The zero-order valence-corrected chi connectivity index (χ0v) is 38.2. The smallest absolute Gasteiger partial charge is 0.238 e. The van der Waals surface area contributed by atoms with Gasteiger partial charge in [-0.05, 0) is 70.8 Å². The summed E-state index contributed by atoms with van der Waals surface area (Å²) >= 11 is 1.79. The molecule has 326 valence electrons. The summed E-state index contributed by atoms with van der Waals surface area (Å²) in [6, 6.07) is 79.7. The number of hydrogen-bond donors (Lipinski definition) is 0. The average Bonchev–Trinajstić information content (AvgIpc) is 4.19. The lowest BCUT2D eigenvalue weighted by Crippen LogP contribution is -2.07. The van der Waals surface area contributed by atoms with Crippen LogP contribution in [0, 0.1) is 0 Å². The van der Waals surface area contributed by atoms with E-state index >= 15 is 0 Å². The fraction of sp³-hybridized carbons (Fsp3) is 0. The molecule has 5 heterocycles. The fourth-order valence-electron chi connectivity index (χ4n) is 10.9. The number of thiophene rings is 1. The minimum Gasteiger partial charge on any atom is -0.454 e. The van der Waals surface area contributed by atoms with E-state index in [1.165, 1.54) is 20.3 Å². The summed E-state index contributed by atoms with van der Waals surface area (Å²) in [7, 11) is 0. The summed E-state index contributed by atoms with van der Waals surface area (Å²) < 4.78 is 14.1. The molecule has 0 spiro atoms. The highest BCUT2D eigenvalue weighted by Crippen LogP contribution is 2.46. The van der Waals surface area contributed by atoms with Crippen LogP contribution in [0.25, 0.3) is 142 Å². The number of furan rings is 1. The maximum absolute atomic E-state index is 7.00. The molecule has 6 nitrogen and oxygen atoms in total. The van der Waals surface area contributed by atoms with Gasteiger partial charge in [0, 0.05) is 63.6 Å². The van der Waals surface area contributed by atoms with Crippen molar-refractivity contribution in [3.63, 3.8) is 0 Å². The van der Waals surface area contributed by atoms with Crippen molar-refractivity contribution in [2.24, 2.45) is 0 Å². The van der Waals surface area contributed by atoms with Crippen LogP contribution in [-0.4, -0.2) is 24.1 Å². The van der Waals surface area contributed by atoms with E-state index in [0.717, 1.165) is 104 Å². The minimum atomic E-state index is 0.538. The third-order valence-corrected chi connectivity index (χ3v) is 15.1. The van der Waals surface area contributed by atoms with E-state index in [2.05, 4.69) is 209 Å². The van der Waals surface area contributed by atoms with E-state index in [1.54, 1.807) is 11.3 Å². The Morgan fingerprint density at radius 3 is 1.70 bits per heavy atom. The van der Waals surface area contributed by atoms with E-state index in [-0.39, 0.29) is 0 Å². The number of fused-ring (bicyclic) bond motifs is 13. The van der Waals surface area contributed by atoms with Gasteiger partial charge in [-0.1, -0.05) is 176 Å². The highest BCUT2D eigenvalue weighted by molar-refractivity contribution is 7.25. The van der Waals surface area contributed by atoms with E-state index in [9.17, 15) is 0 Å². The van der Waals surface area contributed by atoms with Crippen molar-refractivity contribution in [3.05, 3.63) is 224 Å². The molecule has 15 aromatic rings. The van der Waals surface area contributed by atoms with Gasteiger partial charge in [0.15, 0.2) is 17.2 Å². The first-order valence-electron chi connectivity index (χ1n) is 23.5. The summed E-state index contributed by atoms with van der Waals surface area (Å²) in [6.45, 7) is 0. The predicted octanol–water partition coefficient (Wildman–Crippen LogP) is 17.0. The molecule has 0 atom stereocenters. The zero-order chi connectivity index (χ0) is 45.9. The standard InChI is InChI=1S/C63H37N5OS/c1-3-17-38(18-4-1)40-21-15-22-41(35-40)42-36-50-45-25-9-13-30-54(45)69-60(50)53(37-42)67-51-28-11-7-23-43(51)46-33-34-47-44-24-8-12-29-52(44)68(59(47)58(46)67)63-65-61(39-19-5-2-6-20-39)64-62(66-63)49-27-16-32-56-57(49)48-26-10-14-31-55(48)70-56/h1-37H. The normalized spacial score (nSPS) is 12.0. The maximum atomic E-state index is 7.00. The number of benzene rings is 10. The van der Waals surface area contributed by atoms with Crippen molar-refractivity contribution in [2.45, 2.75) is 0 Å². The van der Waals surface area contributed by atoms with Gasteiger partial charge in [-0.25, -0.2) is 4.98 Å². The number of aromatic nitrogens is 5. The Bertz CT molecular complexity index is 4600. The lowest BCUT2D eigenvalue weighted by atomic mass is 9.97. The zero-order valence-electron chi connectivity index (χ0n) is 37.4. The van der Waals surface area contributed by atoms with Gasteiger partial charge in [-0.3, -0.25) is 4.57 Å². The molecule has 70 heavy (non-hydrogen) atoms. The molecule has 0 aliphatic rings. The number of para-hydroxylation sites is 3. The molecular formula is C63H37N5OS. The van der Waals surface area contributed by atoms with Crippen molar-refractivity contribution in [1.82, 2.24) is 24.1 Å². The Balaban J connectivity index is 1.08. The molecule has 0 saturated carbocycles. The molecule has 0 amide bonds. The van der Waals surface area contributed by atoms with E-state index in [4.69, 9.17) is 19.4 Å². The summed E-state index contributed by atoms with van der Waals surface area (Å²) in [5, 5.41) is 8.90. The second kappa shape index (κ2) is 15.2. The molecule has 0 aliphatic heterocycles. The van der Waals surface area contributed by atoms with E-state index < -0.39 is 0 Å². The average molecular weight is 912 g/mol. The molecule has 0 unspecified atom stereocenters. The van der Waals surface area contributed by atoms with Crippen LogP contribution in [0.3, 0.4) is 0 Å². The number of nitrogens with zero attached hydrogens (tertiary/aromatic N) is 5. The maximum Gasteiger partial charge on any atom is 0.238 e. The Morgan fingerprint density at radius 1 is 0.357 bits per heavy atom. The number of hydrogen-bond acceptors (Lipinski definition) is 5. The third kappa shape index (κ3) is 5.82. The minimum absolute atomic E-state index is 0.538. The van der Waals surface area contributed by atoms with E-state index in [0.29, 0.717) is 17.6 Å². The molecule has 10 aromatic carbocycles.